The molecule has 9 heteroatoms. The lowest BCUT2D eigenvalue weighted by molar-refractivity contribution is -0.118. The number of hydrogen-bond donors (Lipinski definition) is 1. The fourth-order valence-electron chi connectivity index (χ4n) is 4.97. The van der Waals surface area contributed by atoms with E-state index in [1.807, 2.05) is 18.2 Å². The van der Waals surface area contributed by atoms with Crippen molar-refractivity contribution in [2.45, 2.75) is 18.9 Å². The van der Waals surface area contributed by atoms with Gasteiger partial charge in [-0.3, -0.25) is 24.2 Å². The third-order valence-electron chi connectivity index (χ3n) is 6.79. The first-order chi connectivity index (χ1) is 17.4. The molecular formula is C27H32N4O5. The van der Waals surface area contributed by atoms with Crippen molar-refractivity contribution >= 4 is 23.4 Å². The Balaban J connectivity index is 1.69. The molecule has 0 aromatic heterocycles. The van der Waals surface area contributed by atoms with Crippen LogP contribution >= 0.6 is 0 Å². The number of ether oxygens (including phenoxy) is 2. The number of amides is 3. The number of primary amides is 1. The number of anilines is 1. The smallest absolute Gasteiger partial charge is 0.264 e. The van der Waals surface area contributed by atoms with E-state index in [0.717, 1.165) is 38.4 Å². The van der Waals surface area contributed by atoms with E-state index in [-0.39, 0.29) is 24.7 Å². The summed E-state index contributed by atoms with van der Waals surface area (Å²) in [5.41, 5.74) is 7.63. The lowest BCUT2D eigenvalue weighted by Crippen LogP contribution is -2.46. The van der Waals surface area contributed by atoms with Crippen molar-refractivity contribution < 1.29 is 23.9 Å². The summed E-state index contributed by atoms with van der Waals surface area (Å²) in [6.45, 7) is 7.79. The highest BCUT2D eigenvalue weighted by molar-refractivity contribution is 6.24. The van der Waals surface area contributed by atoms with Gasteiger partial charge in [-0.1, -0.05) is 18.2 Å². The Hall–Kier alpha value is -3.85. The molecule has 1 saturated heterocycles. The quantitative estimate of drug-likeness (QED) is 0.401. The number of carbonyl (C=O) groups is 3. The van der Waals surface area contributed by atoms with Crippen LogP contribution in [-0.2, 0) is 4.79 Å². The topological polar surface area (TPSA) is 105 Å². The molecule has 4 rings (SSSR count). The number of piperazine rings is 1. The summed E-state index contributed by atoms with van der Waals surface area (Å²) in [4.78, 5) is 44.8. The van der Waals surface area contributed by atoms with Gasteiger partial charge in [0.1, 0.15) is 0 Å². The van der Waals surface area contributed by atoms with Crippen molar-refractivity contribution in [1.82, 2.24) is 9.80 Å². The molecule has 2 aliphatic rings. The molecule has 3 amide bonds. The van der Waals surface area contributed by atoms with Gasteiger partial charge >= 0.3 is 0 Å². The summed E-state index contributed by atoms with van der Waals surface area (Å²) in [5, 5.41) is 0. The van der Waals surface area contributed by atoms with Crippen LogP contribution in [0.3, 0.4) is 0 Å². The van der Waals surface area contributed by atoms with E-state index >= 15 is 0 Å². The number of carbonyl (C=O) groups excluding carboxylic acids is 3. The van der Waals surface area contributed by atoms with Crippen molar-refractivity contribution in [3.63, 3.8) is 0 Å². The van der Waals surface area contributed by atoms with Crippen molar-refractivity contribution in [2.24, 2.45) is 5.73 Å². The molecule has 1 unspecified atom stereocenters. The SMILES string of the molecule is C=CCN1CCN(c2cccc3c2C(=O)N(C(CCC(N)=O)c2ccc(OC)c(OC)c2)C3=O)CC1. The van der Waals surface area contributed by atoms with Crippen molar-refractivity contribution in [3.8, 4) is 11.5 Å². The second-order valence-electron chi connectivity index (χ2n) is 8.89. The molecule has 0 bridgehead atoms. The van der Waals surface area contributed by atoms with Gasteiger partial charge in [0, 0.05) is 39.1 Å². The summed E-state index contributed by atoms with van der Waals surface area (Å²) < 4.78 is 10.8. The first-order valence-corrected chi connectivity index (χ1v) is 12.0. The Bertz CT molecular complexity index is 1170. The zero-order chi connectivity index (χ0) is 25.8. The van der Waals surface area contributed by atoms with Gasteiger partial charge in [-0.25, -0.2) is 0 Å². The lowest BCUT2D eigenvalue weighted by atomic mass is 9.99. The highest BCUT2D eigenvalue weighted by Gasteiger charge is 2.43. The van der Waals surface area contributed by atoms with Gasteiger partial charge in [-0.2, -0.15) is 0 Å². The molecule has 2 aromatic rings. The van der Waals surface area contributed by atoms with Gasteiger partial charge in [0.15, 0.2) is 11.5 Å². The van der Waals surface area contributed by atoms with E-state index in [4.69, 9.17) is 15.2 Å². The van der Waals surface area contributed by atoms with E-state index in [9.17, 15) is 14.4 Å². The molecule has 190 valence electrons. The highest BCUT2D eigenvalue weighted by Crippen LogP contribution is 2.40. The van der Waals surface area contributed by atoms with E-state index in [1.54, 1.807) is 24.3 Å². The van der Waals surface area contributed by atoms with Gasteiger partial charge < -0.3 is 20.1 Å². The van der Waals surface area contributed by atoms with Crippen molar-refractivity contribution in [1.29, 1.82) is 0 Å². The summed E-state index contributed by atoms with van der Waals surface area (Å²) in [6, 6.07) is 9.93. The van der Waals surface area contributed by atoms with Gasteiger partial charge in [0.05, 0.1) is 37.1 Å². The largest absolute Gasteiger partial charge is 0.493 e. The average Bonchev–Trinajstić information content (AvgIpc) is 3.14. The number of nitrogens with zero attached hydrogens (tertiary/aromatic N) is 3. The molecule has 2 heterocycles. The van der Waals surface area contributed by atoms with Crippen LogP contribution < -0.4 is 20.1 Å². The summed E-state index contributed by atoms with van der Waals surface area (Å²) in [7, 11) is 3.05. The third-order valence-corrected chi connectivity index (χ3v) is 6.79. The van der Waals surface area contributed by atoms with Crippen LogP contribution in [0, 0.1) is 0 Å². The molecule has 2 aliphatic heterocycles. The number of imide groups is 1. The number of hydrogen-bond acceptors (Lipinski definition) is 7. The fraction of sp³-hybridized carbons (Fsp3) is 0.370. The minimum atomic E-state index is -0.693. The van der Waals surface area contributed by atoms with Crippen molar-refractivity contribution in [2.75, 3.05) is 51.8 Å². The van der Waals surface area contributed by atoms with E-state index in [0.29, 0.717) is 28.2 Å². The molecule has 0 aliphatic carbocycles. The maximum absolute atomic E-state index is 13.9. The highest BCUT2D eigenvalue weighted by atomic mass is 16.5. The van der Waals surface area contributed by atoms with Gasteiger partial charge in [-0.15, -0.1) is 6.58 Å². The molecule has 2 N–H and O–H groups in total. The summed E-state index contributed by atoms with van der Waals surface area (Å²) in [5.74, 6) is -0.270. The number of nitrogens with two attached hydrogens (primary N) is 1. The molecular weight excluding hydrogens is 460 g/mol. The monoisotopic (exact) mass is 492 g/mol. The number of benzene rings is 2. The molecule has 0 radical (unpaired) electrons. The van der Waals surface area contributed by atoms with Crippen molar-refractivity contribution in [3.05, 3.63) is 65.7 Å². The van der Waals surface area contributed by atoms with Crippen LogP contribution in [0.25, 0.3) is 0 Å². The first-order valence-electron chi connectivity index (χ1n) is 12.0. The molecule has 36 heavy (non-hydrogen) atoms. The Morgan fingerprint density at radius 2 is 1.78 bits per heavy atom. The van der Waals surface area contributed by atoms with Crippen LogP contribution in [-0.4, -0.2) is 74.5 Å². The lowest BCUT2D eigenvalue weighted by Gasteiger charge is -2.36. The van der Waals surface area contributed by atoms with Gasteiger partial charge in [-0.05, 0) is 36.2 Å². The van der Waals surface area contributed by atoms with E-state index < -0.39 is 11.9 Å². The van der Waals surface area contributed by atoms with Crippen LogP contribution in [0.15, 0.2) is 49.1 Å². The Kier molecular flexibility index (Phi) is 7.59. The first kappa shape index (κ1) is 25.2. The van der Waals surface area contributed by atoms with Crippen LogP contribution in [0.5, 0.6) is 11.5 Å². The third kappa shape index (κ3) is 4.79. The second-order valence-corrected chi connectivity index (χ2v) is 8.89. The number of fused-ring (bicyclic) bond motifs is 1. The molecule has 2 aromatic carbocycles. The fourth-order valence-corrected chi connectivity index (χ4v) is 4.97. The minimum absolute atomic E-state index is 0.0184. The maximum Gasteiger partial charge on any atom is 0.264 e. The maximum atomic E-state index is 13.9. The summed E-state index contributed by atoms with van der Waals surface area (Å²) in [6.07, 6.45) is 2.10. The van der Waals surface area contributed by atoms with Crippen LogP contribution in [0.2, 0.25) is 0 Å². The van der Waals surface area contributed by atoms with Gasteiger partial charge in [0.2, 0.25) is 5.91 Å². The molecule has 1 fully saturated rings. The number of methoxy groups -OCH3 is 2. The van der Waals surface area contributed by atoms with Gasteiger partial charge in [0.25, 0.3) is 11.8 Å². The normalized spacial score (nSPS) is 16.6. The predicted molar refractivity (Wildman–Crippen MR) is 137 cm³/mol. The van der Waals surface area contributed by atoms with E-state index in [1.165, 1.54) is 19.1 Å². The number of rotatable bonds is 10. The molecule has 1 atom stereocenters. The predicted octanol–water partition coefficient (Wildman–Crippen LogP) is 2.61. The van der Waals surface area contributed by atoms with E-state index in [2.05, 4.69) is 16.4 Å². The zero-order valence-corrected chi connectivity index (χ0v) is 20.7. The zero-order valence-electron chi connectivity index (χ0n) is 20.7. The standard InChI is InChI=1S/C27H32N4O5/c1-4-12-29-13-15-30(16-14-29)21-7-5-6-19-25(21)27(34)31(26(19)33)20(9-11-24(28)32)18-8-10-22(35-2)23(17-18)36-3/h4-8,10,17,20H,1,9,11-16H2,2-3H3,(H2,28,32). The average molecular weight is 493 g/mol. The molecule has 0 spiro atoms. The molecule has 0 saturated carbocycles. The Morgan fingerprint density at radius 1 is 1.06 bits per heavy atom. The summed E-state index contributed by atoms with van der Waals surface area (Å²) >= 11 is 0. The Labute approximate surface area is 211 Å². The second kappa shape index (κ2) is 10.8. The minimum Gasteiger partial charge on any atom is -0.493 e. The van der Waals surface area contributed by atoms with Crippen LogP contribution in [0.4, 0.5) is 5.69 Å². The molecule has 9 nitrogen and oxygen atoms in total. The van der Waals surface area contributed by atoms with Crippen LogP contribution in [0.1, 0.15) is 45.2 Å². The Morgan fingerprint density at radius 3 is 2.42 bits per heavy atom.